The number of pyridine rings is 2. The normalized spacial score (nSPS) is 20.2. The molecule has 0 saturated carbocycles. The average Bonchev–Trinajstić information content (AvgIpc) is 3.81. The summed E-state index contributed by atoms with van der Waals surface area (Å²) < 4.78 is 4.75. The molecule has 0 spiro atoms. The Bertz CT molecular complexity index is 2180. The Kier molecular flexibility index (Phi) is 9.66. The molecule has 5 heteroatoms. The van der Waals surface area contributed by atoms with Gasteiger partial charge in [0.05, 0.1) is 16.7 Å². The molecule has 0 amide bonds. The molecule has 0 radical (unpaired) electrons. The maximum absolute atomic E-state index is 4.74. The lowest BCUT2D eigenvalue weighted by Gasteiger charge is -2.32. The van der Waals surface area contributed by atoms with Gasteiger partial charge in [-0.15, -0.1) is 0 Å². The third-order valence-corrected chi connectivity index (χ3v) is 10.0. The van der Waals surface area contributed by atoms with Crippen LogP contribution in [0.4, 0.5) is 0 Å². The molecule has 252 valence electrons. The molecule has 1 atom stereocenters. The molecule has 7 rings (SSSR count). The summed E-state index contributed by atoms with van der Waals surface area (Å²) in [5, 5.41) is 0. The first-order chi connectivity index (χ1) is 24.5. The van der Waals surface area contributed by atoms with Crippen LogP contribution in [-0.2, 0) is 13.0 Å². The first-order valence-electron chi connectivity index (χ1n) is 18.0. The Morgan fingerprint density at radius 1 is 1.00 bits per heavy atom. The highest BCUT2D eigenvalue weighted by Crippen LogP contribution is 2.37. The SMILES string of the molecule is C=C1C=Cc2c1c(C/C=C/C=C\C)cn2/C(=C/C(=C\Cn1c2cccnc2c2ncccc21)N1C/C=C\C(C)=C/C(C)C2=C1C=CCC2)CC. The molecule has 4 aromatic heterocycles. The van der Waals surface area contributed by atoms with Crippen LogP contribution in [0.25, 0.3) is 39.4 Å². The Balaban J connectivity index is 1.40. The van der Waals surface area contributed by atoms with Crippen molar-refractivity contribution < 1.29 is 0 Å². The van der Waals surface area contributed by atoms with Gasteiger partial charge in [0.1, 0.15) is 11.0 Å². The second-order valence-electron chi connectivity index (χ2n) is 13.3. The van der Waals surface area contributed by atoms with Crippen molar-refractivity contribution in [2.75, 3.05) is 6.54 Å². The summed E-state index contributed by atoms with van der Waals surface area (Å²) in [6.07, 6.45) is 39.3. The van der Waals surface area contributed by atoms with Crippen LogP contribution in [0.5, 0.6) is 0 Å². The van der Waals surface area contributed by atoms with E-state index in [4.69, 9.17) is 9.97 Å². The zero-order chi connectivity index (χ0) is 34.6. The number of hydrogen-bond acceptors (Lipinski definition) is 3. The van der Waals surface area contributed by atoms with Gasteiger partial charge in [-0.2, -0.15) is 0 Å². The zero-order valence-corrected chi connectivity index (χ0v) is 29.8. The van der Waals surface area contributed by atoms with E-state index in [0.717, 1.165) is 59.9 Å². The number of fused-ring (bicyclic) bond motifs is 4. The molecule has 1 unspecified atom stereocenters. The molecule has 0 aromatic carbocycles. The van der Waals surface area contributed by atoms with E-state index in [2.05, 4.69) is 139 Å². The number of nitrogens with zero attached hydrogens (tertiary/aromatic N) is 5. The number of allylic oxidation sites excluding steroid dienone is 15. The highest BCUT2D eigenvalue weighted by atomic mass is 15.2. The van der Waals surface area contributed by atoms with Gasteiger partial charge in [0.25, 0.3) is 0 Å². The van der Waals surface area contributed by atoms with Gasteiger partial charge in [0.15, 0.2) is 0 Å². The minimum atomic E-state index is 0.354. The first-order valence-corrected chi connectivity index (χ1v) is 18.0. The van der Waals surface area contributed by atoms with Crippen LogP contribution in [0, 0.1) is 5.92 Å². The number of aromatic nitrogens is 4. The Morgan fingerprint density at radius 3 is 2.52 bits per heavy atom. The third-order valence-electron chi connectivity index (χ3n) is 10.0. The lowest BCUT2D eigenvalue weighted by molar-refractivity contribution is 0.479. The maximum Gasteiger partial charge on any atom is 0.114 e. The fraction of sp³-hybridized carbons (Fsp3) is 0.244. The van der Waals surface area contributed by atoms with E-state index in [0.29, 0.717) is 12.5 Å². The van der Waals surface area contributed by atoms with E-state index in [1.165, 1.54) is 45.1 Å². The predicted octanol–water partition coefficient (Wildman–Crippen LogP) is 11.0. The molecule has 50 heavy (non-hydrogen) atoms. The zero-order valence-electron chi connectivity index (χ0n) is 29.8. The summed E-state index contributed by atoms with van der Waals surface area (Å²) in [7, 11) is 0. The van der Waals surface area contributed by atoms with Crippen molar-refractivity contribution in [1.82, 2.24) is 24.0 Å². The molecular formula is C45H47N5. The summed E-state index contributed by atoms with van der Waals surface area (Å²) in [6.45, 7) is 14.7. The summed E-state index contributed by atoms with van der Waals surface area (Å²) in [4.78, 5) is 12.0. The quantitative estimate of drug-likeness (QED) is 0.168. The molecule has 0 saturated heterocycles. The topological polar surface area (TPSA) is 38.9 Å². The van der Waals surface area contributed by atoms with Crippen LogP contribution < -0.4 is 0 Å². The van der Waals surface area contributed by atoms with Crippen LogP contribution in [0.1, 0.15) is 63.8 Å². The predicted molar refractivity (Wildman–Crippen MR) is 212 cm³/mol. The molecular weight excluding hydrogens is 611 g/mol. The Hall–Kier alpha value is -5.42. The first kappa shape index (κ1) is 33.1. The van der Waals surface area contributed by atoms with Crippen molar-refractivity contribution in [3.8, 4) is 0 Å². The lowest BCUT2D eigenvalue weighted by Crippen LogP contribution is -2.25. The van der Waals surface area contributed by atoms with Gasteiger partial charge >= 0.3 is 0 Å². The molecule has 4 aromatic rings. The summed E-state index contributed by atoms with van der Waals surface area (Å²) in [5.74, 6) is 0.354. The van der Waals surface area contributed by atoms with E-state index in [1.54, 1.807) is 0 Å². The molecule has 0 N–H and O–H groups in total. The smallest absolute Gasteiger partial charge is 0.114 e. The number of rotatable bonds is 9. The summed E-state index contributed by atoms with van der Waals surface area (Å²) in [5.41, 5.74) is 15.5. The largest absolute Gasteiger partial charge is 0.338 e. The molecule has 2 aliphatic carbocycles. The maximum atomic E-state index is 4.74. The Morgan fingerprint density at radius 2 is 1.78 bits per heavy atom. The standard InChI is InChI=1S/C45H47N5/c1-6-8-9-10-17-35-31-50(40-23-22-33(4)43(35)40)36(7-2)30-37(48-27-15-16-32(3)29-34(5)38-18-11-12-19-39(38)48)24-28-49-41-20-13-25-46-44(41)45-42(49)21-14-26-47-45/h6,8-10,12-16,19-26,29-31,34H,4,7,11,17-18,27-28H2,1-3,5H3/b8-6-,10-9+,16-15-,32-29-,36-30+,37-24+. The van der Waals surface area contributed by atoms with E-state index >= 15 is 0 Å². The van der Waals surface area contributed by atoms with E-state index < -0.39 is 0 Å². The van der Waals surface area contributed by atoms with Crippen molar-refractivity contribution in [3.05, 3.63) is 162 Å². The van der Waals surface area contributed by atoms with Gasteiger partial charge in [-0.3, -0.25) is 9.97 Å². The third kappa shape index (κ3) is 6.36. The van der Waals surface area contributed by atoms with Crippen molar-refractivity contribution >= 4 is 39.4 Å². The van der Waals surface area contributed by atoms with E-state index in [1.807, 2.05) is 31.5 Å². The second kappa shape index (κ2) is 14.6. The van der Waals surface area contributed by atoms with E-state index in [-0.39, 0.29) is 0 Å². The lowest BCUT2D eigenvalue weighted by atomic mass is 9.89. The molecule has 0 bridgehead atoms. The van der Waals surface area contributed by atoms with Gasteiger partial charge in [-0.1, -0.05) is 80.7 Å². The van der Waals surface area contributed by atoms with Gasteiger partial charge < -0.3 is 14.0 Å². The average molecular weight is 658 g/mol. The van der Waals surface area contributed by atoms with Crippen molar-refractivity contribution in [2.45, 2.75) is 59.9 Å². The minimum absolute atomic E-state index is 0.354. The van der Waals surface area contributed by atoms with Gasteiger partial charge in [-0.05, 0) is 111 Å². The van der Waals surface area contributed by atoms with Gasteiger partial charge in [-0.25, -0.2) is 0 Å². The van der Waals surface area contributed by atoms with Gasteiger partial charge in [0, 0.05) is 54.3 Å². The Labute approximate surface area is 296 Å². The molecule has 3 aliphatic rings. The van der Waals surface area contributed by atoms with E-state index in [9.17, 15) is 0 Å². The molecule has 5 nitrogen and oxygen atoms in total. The van der Waals surface area contributed by atoms with Crippen molar-refractivity contribution in [1.29, 1.82) is 0 Å². The molecule has 5 heterocycles. The highest BCUT2D eigenvalue weighted by molar-refractivity contribution is 6.03. The van der Waals surface area contributed by atoms with Crippen LogP contribution in [0.15, 0.2) is 145 Å². The summed E-state index contributed by atoms with van der Waals surface area (Å²) in [6, 6.07) is 8.35. The minimum Gasteiger partial charge on any atom is -0.338 e. The van der Waals surface area contributed by atoms with Crippen molar-refractivity contribution in [3.63, 3.8) is 0 Å². The fourth-order valence-corrected chi connectivity index (χ4v) is 7.64. The van der Waals surface area contributed by atoms with Crippen LogP contribution in [0.3, 0.4) is 0 Å². The van der Waals surface area contributed by atoms with Gasteiger partial charge in [0.2, 0.25) is 0 Å². The molecule has 0 fully saturated rings. The fourth-order valence-electron chi connectivity index (χ4n) is 7.64. The monoisotopic (exact) mass is 657 g/mol. The second-order valence-corrected chi connectivity index (χ2v) is 13.3. The van der Waals surface area contributed by atoms with Crippen LogP contribution in [-0.4, -0.2) is 30.5 Å². The molecule has 1 aliphatic heterocycles. The van der Waals surface area contributed by atoms with Crippen LogP contribution >= 0.6 is 0 Å². The van der Waals surface area contributed by atoms with Crippen molar-refractivity contribution in [2.24, 2.45) is 5.92 Å². The summed E-state index contributed by atoms with van der Waals surface area (Å²) >= 11 is 0. The number of hydrogen-bond donors (Lipinski definition) is 0. The van der Waals surface area contributed by atoms with Crippen LogP contribution in [0.2, 0.25) is 0 Å². The highest BCUT2D eigenvalue weighted by Gasteiger charge is 2.24.